The van der Waals surface area contributed by atoms with Crippen LogP contribution in [0.2, 0.25) is 0 Å². The molecule has 0 aromatic rings. The molecule has 0 fully saturated rings. The number of carbonyl (C=O) groups is 2. The van der Waals surface area contributed by atoms with E-state index in [2.05, 4.69) is 160 Å². The molecular formula is C87H150NO8P. The van der Waals surface area contributed by atoms with E-state index >= 15 is 0 Å². The second-order valence-corrected chi connectivity index (χ2v) is 28.0. The molecule has 0 bridgehead atoms. The predicted molar refractivity (Wildman–Crippen MR) is 422 cm³/mol. The number of esters is 2. The Balaban J connectivity index is 3.85. The third-order valence-corrected chi connectivity index (χ3v) is 18.2. The van der Waals surface area contributed by atoms with Crippen molar-refractivity contribution in [1.82, 2.24) is 0 Å². The number of hydrogen-bond acceptors (Lipinski definition) is 8. The third-order valence-electron chi connectivity index (χ3n) is 17.2. The molecule has 0 spiro atoms. The normalized spacial score (nSPS) is 13.6. The van der Waals surface area contributed by atoms with Crippen molar-refractivity contribution in [2.75, 3.05) is 26.4 Å². The molecule has 0 amide bonds. The van der Waals surface area contributed by atoms with Crippen LogP contribution in [0.25, 0.3) is 0 Å². The molecule has 0 aliphatic rings. The fourth-order valence-corrected chi connectivity index (χ4v) is 12.1. The fourth-order valence-electron chi connectivity index (χ4n) is 11.3. The summed E-state index contributed by atoms with van der Waals surface area (Å²) in [4.78, 5) is 35.5. The lowest BCUT2D eigenvalue weighted by Crippen LogP contribution is -2.29. The van der Waals surface area contributed by atoms with E-state index in [0.29, 0.717) is 6.42 Å². The molecule has 0 saturated heterocycles. The number of phosphoric ester groups is 1. The van der Waals surface area contributed by atoms with Gasteiger partial charge in [0.15, 0.2) is 6.10 Å². The van der Waals surface area contributed by atoms with Gasteiger partial charge in [0.05, 0.1) is 13.2 Å². The van der Waals surface area contributed by atoms with E-state index in [4.69, 9.17) is 24.3 Å². The molecule has 0 aromatic heterocycles. The number of unbranched alkanes of at least 4 members (excludes halogenated alkanes) is 38. The number of hydrogen-bond donors (Lipinski definition) is 2. The Labute approximate surface area is 598 Å². The lowest BCUT2D eigenvalue weighted by molar-refractivity contribution is -0.161. The summed E-state index contributed by atoms with van der Waals surface area (Å²) in [6.45, 7) is 3.64. The highest BCUT2D eigenvalue weighted by Crippen LogP contribution is 2.43. The number of nitrogens with two attached hydrogens (primary N) is 1. The van der Waals surface area contributed by atoms with E-state index in [0.717, 1.165) is 116 Å². The van der Waals surface area contributed by atoms with Crippen LogP contribution in [-0.2, 0) is 32.7 Å². The minimum atomic E-state index is -4.41. The first kappa shape index (κ1) is 92.9. The maximum Gasteiger partial charge on any atom is 0.472 e. The van der Waals surface area contributed by atoms with E-state index < -0.39 is 26.5 Å². The van der Waals surface area contributed by atoms with Crippen LogP contribution in [0, 0.1) is 0 Å². The van der Waals surface area contributed by atoms with E-state index in [-0.39, 0.29) is 38.6 Å². The number of ether oxygens (including phenoxy) is 2. The standard InChI is InChI=1S/C87H150NO8P/c1-3-5-7-9-11-13-15-17-19-21-23-25-27-29-31-33-35-37-39-41-42-44-45-47-49-51-53-55-57-59-61-63-65-67-69-71-73-75-77-79-86(89)93-83-85(84-95-97(91,92)94-82-81-88)96-87(90)80-78-76-74-72-70-68-66-64-62-60-58-56-54-52-50-48-46-43-40-38-36-34-32-30-28-26-24-22-20-18-16-14-12-10-8-6-4-2/h6,8,12,14-15,17-18,20-21,23-24,26-27,29-30,32,36,38,43,46,50,52,56,58,85H,3-5,7,9-11,13,16,19,22,25,28,31,33-35,37,39-42,44-45,47-49,51,53-55,57,59-84,88H2,1-2H3,(H,91,92)/b8-6-,14-12-,17-15-,20-18-,23-21-,26-24-,29-27-,32-30-,38-36-,46-43-,52-50-,58-56-. The van der Waals surface area contributed by atoms with Crippen LogP contribution >= 0.6 is 7.82 Å². The van der Waals surface area contributed by atoms with E-state index in [9.17, 15) is 19.0 Å². The average molecular weight is 1370 g/mol. The second-order valence-electron chi connectivity index (χ2n) is 26.6. The first-order chi connectivity index (χ1) is 47.8. The number of carbonyl (C=O) groups excluding carboxylic acids is 2. The maximum atomic E-state index is 12.8. The smallest absolute Gasteiger partial charge is 0.462 e. The van der Waals surface area contributed by atoms with Crippen molar-refractivity contribution in [1.29, 1.82) is 0 Å². The lowest BCUT2D eigenvalue weighted by Gasteiger charge is -2.19. The van der Waals surface area contributed by atoms with Crippen molar-refractivity contribution >= 4 is 19.8 Å². The molecule has 0 heterocycles. The molecule has 3 N–H and O–H groups in total. The third kappa shape index (κ3) is 80.8. The van der Waals surface area contributed by atoms with Crippen LogP contribution < -0.4 is 5.73 Å². The Morgan fingerprint density at radius 2 is 0.567 bits per heavy atom. The van der Waals surface area contributed by atoms with Crippen LogP contribution in [-0.4, -0.2) is 49.3 Å². The molecule has 0 aliphatic carbocycles. The number of rotatable bonds is 75. The molecule has 0 radical (unpaired) electrons. The number of allylic oxidation sites excluding steroid dienone is 24. The Morgan fingerprint density at radius 1 is 0.320 bits per heavy atom. The molecule has 0 saturated carbocycles. The summed E-state index contributed by atoms with van der Waals surface area (Å²) in [5, 5.41) is 0. The van der Waals surface area contributed by atoms with Crippen molar-refractivity contribution in [3.63, 3.8) is 0 Å². The van der Waals surface area contributed by atoms with Gasteiger partial charge in [-0.05, 0) is 122 Å². The van der Waals surface area contributed by atoms with Crippen molar-refractivity contribution in [3.05, 3.63) is 146 Å². The van der Waals surface area contributed by atoms with Gasteiger partial charge in [-0.25, -0.2) is 4.57 Å². The molecule has 97 heavy (non-hydrogen) atoms. The Morgan fingerprint density at radius 3 is 0.845 bits per heavy atom. The molecule has 9 nitrogen and oxygen atoms in total. The summed E-state index contributed by atoms with van der Waals surface area (Å²) in [7, 11) is -4.41. The zero-order valence-electron chi connectivity index (χ0n) is 62.8. The summed E-state index contributed by atoms with van der Waals surface area (Å²) in [5.41, 5.74) is 5.41. The van der Waals surface area contributed by atoms with Crippen molar-refractivity contribution < 1.29 is 37.6 Å². The quantitative estimate of drug-likeness (QED) is 0.0264. The molecule has 0 aromatic carbocycles. The summed E-state index contributed by atoms with van der Waals surface area (Å²) in [6, 6.07) is 0. The summed E-state index contributed by atoms with van der Waals surface area (Å²) in [5.74, 6) is -0.828. The summed E-state index contributed by atoms with van der Waals surface area (Å²) in [6.07, 6.45) is 117. The van der Waals surface area contributed by atoms with Gasteiger partial charge in [-0.3, -0.25) is 18.6 Å². The summed E-state index contributed by atoms with van der Waals surface area (Å²) >= 11 is 0. The monoisotopic (exact) mass is 1370 g/mol. The number of phosphoric acid groups is 1. The van der Waals surface area contributed by atoms with E-state index in [1.165, 1.54) is 212 Å². The Hall–Kier alpha value is -4.11. The average Bonchev–Trinajstić information content (AvgIpc) is 2.17. The van der Waals surface area contributed by atoms with Gasteiger partial charge in [-0.2, -0.15) is 0 Å². The van der Waals surface area contributed by atoms with Gasteiger partial charge < -0.3 is 20.1 Å². The largest absolute Gasteiger partial charge is 0.472 e. The Kier molecular flexibility index (Phi) is 77.4. The molecule has 556 valence electrons. The van der Waals surface area contributed by atoms with E-state index in [1.807, 2.05) is 0 Å². The first-order valence-electron chi connectivity index (χ1n) is 40.3. The van der Waals surface area contributed by atoms with Crippen LogP contribution in [0.15, 0.2) is 146 Å². The van der Waals surface area contributed by atoms with Gasteiger partial charge in [-0.1, -0.05) is 372 Å². The Bertz CT molecular complexity index is 2110. The van der Waals surface area contributed by atoms with Crippen LogP contribution in [0.1, 0.15) is 361 Å². The molecular weight excluding hydrogens is 1220 g/mol. The van der Waals surface area contributed by atoms with Gasteiger partial charge in [0.2, 0.25) is 0 Å². The zero-order chi connectivity index (χ0) is 70.0. The SMILES string of the molecule is CC/C=C\C/C=C\C/C=C\C/C=C\C/C=C\C/C=C\C/C=C\C/C=C\C/C=C\CCCCCCCCCCCC(=O)OC(COC(=O)CCCCCCCCCCCCCCCCCCCCCCCCCC/C=C\C/C=C\C/C=C\CCCCCCC)COP(=O)(O)OCCN. The van der Waals surface area contributed by atoms with Gasteiger partial charge >= 0.3 is 19.8 Å². The van der Waals surface area contributed by atoms with Gasteiger partial charge in [0, 0.05) is 19.4 Å². The van der Waals surface area contributed by atoms with Crippen molar-refractivity contribution in [2.24, 2.45) is 5.73 Å². The zero-order valence-corrected chi connectivity index (χ0v) is 63.7. The highest BCUT2D eigenvalue weighted by molar-refractivity contribution is 7.47. The van der Waals surface area contributed by atoms with Crippen molar-refractivity contribution in [2.45, 2.75) is 367 Å². The van der Waals surface area contributed by atoms with Gasteiger partial charge in [0.1, 0.15) is 6.61 Å². The maximum absolute atomic E-state index is 12.8. The van der Waals surface area contributed by atoms with Crippen LogP contribution in [0.5, 0.6) is 0 Å². The van der Waals surface area contributed by atoms with Gasteiger partial charge in [0.25, 0.3) is 0 Å². The van der Waals surface area contributed by atoms with Crippen LogP contribution in [0.3, 0.4) is 0 Å². The molecule has 10 heteroatoms. The minimum absolute atomic E-state index is 0.0476. The second kappa shape index (κ2) is 80.9. The van der Waals surface area contributed by atoms with Gasteiger partial charge in [-0.15, -0.1) is 0 Å². The predicted octanol–water partition coefficient (Wildman–Crippen LogP) is 27.3. The highest BCUT2D eigenvalue weighted by Gasteiger charge is 2.26. The highest BCUT2D eigenvalue weighted by atomic mass is 31.2. The van der Waals surface area contributed by atoms with Crippen molar-refractivity contribution in [3.8, 4) is 0 Å². The lowest BCUT2D eigenvalue weighted by atomic mass is 10.0. The first-order valence-corrected chi connectivity index (χ1v) is 41.8. The molecule has 2 unspecified atom stereocenters. The molecule has 0 aliphatic heterocycles. The molecule has 0 rings (SSSR count). The topological polar surface area (TPSA) is 134 Å². The fraction of sp³-hybridized carbons (Fsp3) is 0.701. The van der Waals surface area contributed by atoms with Crippen LogP contribution in [0.4, 0.5) is 0 Å². The summed E-state index contributed by atoms with van der Waals surface area (Å²) < 4.78 is 33.3. The minimum Gasteiger partial charge on any atom is -0.462 e. The van der Waals surface area contributed by atoms with E-state index in [1.54, 1.807) is 0 Å². The molecule has 2 atom stereocenters.